The zero-order chi connectivity index (χ0) is 24.4. The molecule has 5 heteroatoms. The van der Waals surface area contributed by atoms with Crippen molar-refractivity contribution in [2.75, 3.05) is 11.4 Å². The first-order valence-electron chi connectivity index (χ1n) is 12.1. The number of anilines is 1. The Balaban J connectivity index is 1.50. The number of imidazole rings is 1. The summed E-state index contributed by atoms with van der Waals surface area (Å²) in [7, 11) is 0. The van der Waals surface area contributed by atoms with E-state index in [1.54, 1.807) is 6.07 Å². The van der Waals surface area contributed by atoms with E-state index in [4.69, 9.17) is 0 Å². The van der Waals surface area contributed by atoms with Gasteiger partial charge in [-0.15, -0.1) is 0 Å². The summed E-state index contributed by atoms with van der Waals surface area (Å²) in [6.07, 6.45) is 9.93. The molecule has 0 spiro atoms. The van der Waals surface area contributed by atoms with Crippen molar-refractivity contribution >= 4 is 17.8 Å². The summed E-state index contributed by atoms with van der Waals surface area (Å²) in [5.74, 6) is 0.0386. The van der Waals surface area contributed by atoms with Crippen molar-refractivity contribution in [1.82, 2.24) is 9.55 Å². The summed E-state index contributed by atoms with van der Waals surface area (Å²) in [6, 6.07) is 20.9. The molecule has 4 nitrogen and oxygen atoms in total. The van der Waals surface area contributed by atoms with Crippen LogP contribution in [0.1, 0.15) is 48.2 Å². The molecule has 35 heavy (non-hydrogen) atoms. The Morgan fingerprint density at radius 1 is 1.03 bits per heavy atom. The van der Waals surface area contributed by atoms with E-state index in [2.05, 4.69) is 64.8 Å². The van der Waals surface area contributed by atoms with Gasteiger partial charge in [0.15, 0.2) is 0 Å². The SMILES string of the molecule is CCCn1cnc(C=Cc2ccc(C3(C)c4ccc(O)cc4CCN3c3ccc(F)cc3)cc2)c1. The van der Waals surface area contributed by atoms with E-state index in [1.807, 2.05) is 36.7 Å². The Morgan fingerprint density at radius 3 is 2.54 bits per heavy atom. The van der Waals surface area contributed by atoms with Gasteiger partial charge in [-0.2, -0.15) is 0 Å². The molecule has 178 valence electrons. The molecule has 0 radical (unpaired) electrons. The number of aromatic nitrogens is 2. The first-order chi connectivity index (χ1) is 17.0. The van der Waals surface area contributed by atoms with Crippen LogP contribution in [-0.4, -0.2) is 21.2 Å². The lowest BCUT2D eigenvalue weighted by Crippen LogP contribution is -2.49. The minimum absolute atomic E-state index is 0.242. The van der Waals surface area contributed by atoms with Crippen molar-refractivity contribution in [3.63, 3.8) is 0 Å². The molecule has 0 fully saturated rings. The van der Waals surface area contributed by atoms with E-state index in [9.17, 15) is 9.50 Å². The maximum Gasteiger partial charge on any atom is 0.123 e. The van der Waals surface area contributed by atoms with Gasteiger partial charge in [-0.05, 0) is 84.5 Å². The van der Waals surface area contributed by atoms with Crippen LogP contribution in [0.25, 0.3) is 12.2 Å². The zero-order valence-corrected chi connectivity index (χ0v) is 20.2. The van der Waals surface area contributed by atoms with Crippen LogP contribution in [-0.2, 0) is 18.5 Å². The van der Waals surface area contributed by atoms with Gasteiger partial charge in [0.1, 0.15) is 11.6 Å². The molecule has 2 heterocycles. The quantitative estimate of drug-likeness (QED) is 0.346. The average molecular weight is 468 g/mol. The highest BCUT2D eigenvalue weighted by molar-refractivity contribution is 5.68. The predicted molar refractivity (Wildman–Crippen MR) is 140 cm³/mol. The molecule has 1 N–H and O–H groups in total. The number of fused-ring (bicyclic) bond motifs is 1. The topological polar surface area (TPSA) is 41.3 Å². The van der Waals surface area contributed by atoms with Crippen LogP contribution in [0.5, 0.6) is 5.75 Å². The van der Waals surface area contributed by atoms with Crippen molar-refractivity contribution < 1.29 is 9.50 Å². The summed E-state index contributed by atoms with van der Waals surface area (Å²) in [6.45, 7) is 6.09. The van der Waals surface area contributed by atoms with E-state index < -0.39 is 5.54 Å². The third kappa shape index (κ3) is 4.46. The second kappa shape index (κ2) is 9.41. The molecule has 4 aromatic rings. The number of nitrogens with zero attached hydrogens (tertiary/aromatic N) is 3. The van der Waals surface area contributed by atoms with Gasteiger partial charge in [0.2, 0.25) is 0 Å². The van der Waals surface area contributed by atoms with Gasteiger partial charge in [-0.1, -0.05) is 43.3 Å². The van der Waals surface area contributed by atoms with Crippen LogP contribution >= 0.6 is 0 Å². The van der Waals surface area contributed by atoms with E-state index in [1.165, 1.54) is 12.1 Å². The van der Waals surface area contributed by atoms with Crippen molar-refractivity contribution in [1.29, 1.82) is 0 Å². The number of phenols is 1. The van der Waals surface area contributed by atoms with Crippen LogP contribution in [0.15, 0.2) is 79.3 Å². The fourth-order valence-electron chi connectivity index (χ4n) is 5.13. The minimum atomic E-state index is -0.472. The zero-order valence-electron chi connectivity index (χ0n) is 20.2. The van der Waals surface area contributed by atoms with E-state index in [0.29, 0.717) is 0 Å². The number of phenolic OH excluding ortho intramolecular Hbond substituents is 1. The minimum Gasteiger partial charge on any atom is -0.508 e. The molecule has 1 aromatic heterocycles. The summed E-state index contributed by atoms with van der Waals surface area (Å²) < 4.78 is 15.8. The van der Waals surface area contributed by atoms with E-state index in [0.717, 1.165) is 59.6 Å². The lowest BCUT2D eigenvalue weighted by molar-refractivity contribution is 0.463. The van der Waals surface area contributed by atoms with Gasteiger partial charge >= 0.3 is 0 Å². The first kappa shape index (κ1) is 22.9. The van der Waals surface area contributed by atoms with Crippen LogP contribution in [0.4, 0.5) is 10.1 Å². The standard InChI is InChI=1S/C30H30FN3O/c1-3-17-33-20-26(32-21-33)11-6-22-4-7-24(8-5-22)30(2)29-15-14-28(35)19-23(29)16-18-34(30)27-12-9-25(31)10-13-27/h4-15,19-21,35H,3,16-18H2,1-2H3. The number of hydrogen-bond donors (Lipinski definition) is 1. The molecule has 1 unspecified atom stereocenters. The molecular weight excluding hydrogens is 437 g/mol. The fraction of sp³-hybridized carbons (Fsp3) is 0.233. The fourth-order valence-corrected chi connectivity index (χ4v) is 5.13. The number of aromatic hydroxyl groups is 1. The maximum atomic E-state index is 13.7. The van der Waals surface area contributed by atoms with Crippen LogP contribution in [0, 0.1) is 5.82 Å². The van der Waals surface area contributed by atoms with Gasteiger partial charge in [-0.25, -0.2) is 9.37 Å². The molecule has 0 saturated carbocycles. The second-order valence-corrected chi connectivity index (χ2v) is 9.28. The molecule has 5 rings (SSSR count). The second-order valence-electron chi connectivity index (χ2n) is 9.28. The number of hydrogen-bond acceptors (Lipinski definition) is 3. The Labute approximate surface area is 206 Å². The lowest BCUT2D eigenvalue weighted by atomic mass is 9.76. The van der Waals surface area contributed by atoms with Gasteiger partial charge in [0.25, 0.3) is 0 Å². The Morgan fingerprint density at radius 2 is 1.80 bits per heavy atom. The molecule has 1 aliphatic heterocycles. The van der Waals surface area contributed by atoms with E-state index >= 15 is 0 Å². The smallest absolute Gasteiger partial charge is 0.123 e. The summed E-state index contributed by atoms with van der Waals surface area (Å²) in [5, 5.41) is 10.1. The third-order valence-electron chi connectivity index (χ3n) is 6.95. The van der Waals surface area contributed by atoms with Crippen molar-refractivity contribution in [2.24, 2.45) is 0 Å². The Bertz CT molecular complexity index is 1340. The molecular formula is C30H30FN3O. The van der Waals surface area contributed by atoms with E-state index in [-0.39, 0.29) is 11.6 Å². The number of rotatable bonds is 6. The number of halogens is 1. The third-order valence-corrected chi connectivity index (χ3v) is 6.95. The van der Waals surface area contributed by atoms with Crippen molar-refractivity contribution in [3.8, 4) is 5.75 Å². The summed E-state index contributed by atoms with van der Waals surface area (Å²) in [5.41, 5.74) is 5.96. The van der Waals surface area contributed by atoms with Crippen molar-refractivity contribution in [2.45, 2.75) is 38.8 Å². The van der Waals surface area contributed by atoms with Crippen LogP contribution < -0.4 is 4.90 Å². The molecule has 3 aromatic carbocycles. The number of benzene rings is 3. The first-order valence-corrected chi connectivity index (χ1v) is 12.1. The number of aryl methyl sites for hydroxylation is 1. The Kier molecular flexibility index (Phi) is 6.16. The average Bonchev–Trinajstić information content (AvgIpc) is 3.31. The van der Waals surface area contributed by atoms with Crippen LogP contribution in [0.3, 0.4) is 0 Å². The Hall–Kier alpha value is -3.86. The molecule has 0 aliphatic carbocycles. The molecule has 0 saturated heterocycles. The monoisotopic (exact) mass is 467 g/mol. The van der Waals surface area contributed by atoms with Gasteiger partial charge in [0.05, 0.1) is 17.6 Å². The highest BCUT2D eigenvalue weighted by atomic mass is 19.1. The van der Waals surface area contributed by atoms with Gasteiger partial charge in [0, 0.05) is 25.0 Å². The van der Waals surface area contributed by atoms with Gasteiger partial charge < -0.3 is 14.6 Å². The lowest BCUT2D eigenvalue weighted by Gasteiger charge is -2.48. The maximum absolute atomic E-state index is 13.7. The van der Waals surface area contributed by atoms with Crippen molar-refractivity contribution in [3.05, 3.63) is 113 Å². The van der Waals surface area contributed by atoms with Gasteiger partial charge in [-0.3, -0.25) is 0 Å². The normalized spacial score (nSPS) is 17.6. The predicted octanol–water partition coefficient (Wildman–Crippen LogP) is 6.63. The largest absolute Gasteiger partial charge is 0.508 e. The summed E-state index contributed by atoms with van der Waals surface area (Å²) in [4.78, 5) is 6.79. The summed E-state index contributed by atoms with van der Waals surface area (Å²) >= 11 is 0. The molecule has 1 aliphatic rings. The highest BCUT2D eigenvalue weighted by Crippen LogP contribution is 2.44. The molecule has 0 amide bonds. The highest BCUT2D eigenvalue weighted by Gasteiger charge is 2.40. The van der Waals surface area contributed by atoms with Crippen LogP contribution in [0.2, 0.25) is 0 Å². The molecule has 0 bridgehead atoms. The molecule has 1 atom stereocenters.